The van der Waals surface area contributed by atoms with Gasteiger partial charge in [0.2, 0.25) is 0 Å². The number of rotatable bonds is 8. The maximum atomic E-state index is 14.0. The third kappa shape index (κ3) is 5.39. The molecule has 0 unspecified atom stereocenters. The highest BCUT2D eigenvalue weighted by atomic mass is 19.1. The first-order valence-electron chi connectivity index (χ1n) is 15.1. The number of ether oxygens (including phenoxy) is 1. The highest BCUT2D eigenvalue weighted by molar-refractivity contribution is 6.35. The number of likely N-dealkylation sites (N-methyl/N-ethyl adjacent to an activating group) is 2. The summed E-state index contributed by atoms with van der Waals surface area (Å²) in [6.07, 6.45) is 1.23. The van der Waals surface area contributed by atoms with Crippen molar-refractivity contribution >= 4 is 35.2 Å². The van der Waals surface area contributed by atoms with Gasteiger partial charge in [-0.3, -0.25) is 9.59 Å². The van der Waals surface area contributed by atoms with Crippen LogP contribution in [0.1, 0.15) is 56.8 Å². The van der Waals surface area contributed by atoms with E-state index < -0.39 is 11.9 Å². The lowest BCUT2D eigenvalue weighted by Crippen LogP contribution is -2.39. The zero-order chi connectivity index (χ0) is 31.8. The Balaban J connectivity index is 1.09. The summed E-state index contributed by atoms with van der Waals surface area (Å²) in [5, 5.41) is 2.92. The van der Waals surface area contributed by atoms with E-state index >= 15 is 0 Å². The maximum absolute atomic E-state index is 14.0. The molecule has 2 heterocycles. The number of aromatic nitrogens is 1. The molecule has 0 spiro atoms. The molecule has 1 aliphatic heterocycles. The molecule has 3 aromatic carbocycles. The van der Waals surface area contributed by atoms with E-state index in [9.17, 15) is 18.8 Å². The van der Waals surface area contributed by atoms with Gasteiger partial charge in [0.25, 0.3) is 11.8 Å². The van der Waals surface area contributed by atoms with Crippen molar-refractivity contribution in [2.45, 2.75) is 26.7 Å². The Morgan fingerprint density at radius 3 is 2.36 bits per heavy atom. The Labute approximate surface area is 261 Å². The van der Waals surface area contributed by atoms with Crippen molar-refractivity contribution in [1.82, 2.24) is 15.2 Å². The Hall–Kier alpha value is -5.18. The number of aromatic amines is 1. The topological polar surface area (TPSA) is 94.7 Å². The summed E-state index contributed by atoms with van der Waals surface area (Å²) in [4.78, 5) is 45.5. The third-order valence-electron chi connectivity index (χ3n) is 8.78. The fourth-order valence-electron chi connectivity index (χ4n) is 6.42. The molecular weight excluding hydrogens is 571 g/mol. The first kappa shape index (κ1) is 29.9. The van der Waals surface area contributed by atoms with E-state index in [1.165, 1.54) is 28.2 Å². The van der Waals surface area contributed by atoms with Crippen LogP contribution in [-0.4, -0.2) is 61.1 Å². The Morgan fingerprint density at radius 1 is 1.02 bits per heavy atom. The fraction of sp³-hybridized carbons (Fsp3) is 0.250. The number of benzene rings is 3. The number of hydrogen-bond donors (Lipinski definition) is 2. The van der Waals surface area contributed by atoms with Crippen molar-refractivity contribution in [3.05, 3.63) is 112 Å². The summed E-state index contributed by atoms with van der Waals surface area (Å²) in [6.45, 7) is 6.62. The summed E-state index contributed by atoms with van der Waals surface area (Å²) >= 11 is 0. The fourth-order valence-corrected chi connectivity index (χ4v) is 6.42. The summed E-state index contributed by atoms with van der Waals surface area (Å²) < 4.78 is 19.8. The Kier molecular flexibility index (Phi) is 8.01. The highest BCUT2D eigenvalue weighted by Crippen LogP contribution is 2.44. The molecule has 0 radical (unpaired) electrons. The molecule has 4 aromatic rings. The molecule has 8 nitrogen and oxygen atoms in total. The summed E-state index contributed by atoms with van der Waals surface area (Å²) in [6, 6.07) is 20.6. The Morgan fingerprint density at radius 2 is 1.69 bits per heavy atom. The number of anilines is 1. The van der Waals surface area contributed by atoms with E-state index in [4.69, 9.17) is 4.74 Å². The van der Waals surface area contributed by atoms with Crippen LogP contribution in [0.15, 0.2) is 66.7 Å². The van der Waals surface area contributed by atoms with Gasteiger partial charge in [-0.05, 0) is 72.9 Å². The highest BCUT2D eigenvalue weighted by Gasteiger charge is 2.32. The maximum Gasteiger partial charge on any atom is 0.409 e. The summed E-state index contributed by atoms with van der Waals surface area (Å²) in [5.41, 5.74) is 8.48. The van der Waals surface area contributed by atoms with E-state index in [-0.39, 0.29) is 37.4 Å². The van der Waals surface area contributed by atoms with Crippen LogP contribution < -0.4 is 10.2 Å². The number of hydrogen-bond acceptors (Lipinski definition) is 4. The van der Waals surface area contributed by atoms with E-state index in [2.05, 4.69) is 34.6 Å². The second kappa shape index (κ2) is 12.1. The van der Waals surface area contributed by atoms with Crippen molar-refractivity contribution in [2.24, 2.45) is 0 Å². The summed E-state index contributed by atoms with van der Waals surface area (Å²) in [7, 11) is 1.65. The second-order valence-electron chi connectivity index (χ2n) is 11.4. The van der Waals surface area contributed by atoms with Crippen LogP contribution in [-0.2, 0) is 9.53 Å². The van der Waals surface area contributed by atoms with Crippen LogP contribution in [0.25, 0.3) is 22.8 Å². The van der Waals surface area contributed by atoms with Gasteiger partial charge < -0.3 is 24.8 Å². The van der Waals surface area contributed by atoms with E-state index in [1.54, 1.807) is 37.9 Å². The van der Waals surface area contributed by atoms with E-state index in [0.29, 0.717) is 45.9 Å². The number of nitrogens with one attached hydrogen (secondary N) is 2. The van der Waals surface area contributed by atoms with Gasteiger partial charge in [0.1, 0.15) is 12.4 Å². The normalized spacial score (nSPS) is 14.4. The van der Waals surface area contributed by atoms with Gasteiger partial charge in [0, 0.05) is 49.6 Å². The van der Waals surface area contributed by atoms with E-state index in [1.807, 2.05) is 31.2 Å². The smallest absolute Gasteiger partial charge is 0.409 e. The van der Waals surface area contributed by atoms with Crippen LogP contribution in [0, 0.1) is 19.7 Å². The minimum atomic E-state index is -0.431. The molecule has 230 valence electrons. The van der Waals surface area contributed by atoms with Gasteiger partial charge in [0.15, 0.2) is 0 Å². The van der Waals surface area contributed by atoms with Crippen LogP contribution in [0.2, 0.25) is 0 Å². The number of fused-ring (bicyclic) bond motifs is 4. The van der Waals surface area contributed by atoms with Crippen molar-refractivity contribution in [2.75, 3.05) is 38.2 Å². The number of carbonyl (C=O) groups excluding carboxylic acids is 3. The summed E-state index contributed by atoms with van der Waals surface area (Å²) in [5.74, 6) is -1.01. The van der Waals surface area contributed by atoms with Crippen molar-refractivity contribution in [3.63, 3.8) is 0 Å². The van der Waals surface area contributed by atoms with Crippen molar-refractivity contribution in [1.29, 1.82) is 0 Å². The molecular formula is C36H35FN4O4. The number of aryl methyl sites for hydroxylation is 1. The molecule has 6 rings (SSSR count). The van der Waals surface area contributed by atoms with Crippen LogP contribution >= 0.6 is 0 Å². The lowest BCUT2D eigenvalue weighted by atomic mass is 9.98. The zero-order valence-corrected chi connectivity index (χ0v) is 25.7. The first-order valence-corrected chi connectivity index (χ1v) is 15.1. The first-order chi connectivity index (χ1) is 21.7. The van der Waals surface area contributed by atoms with E-state index in [0.717, 1.165) is 11.1 Å². The molecule has 3 amide bonds. The molecule has 45 heavy (non-hydrogen) atoms. The van der Waals surface area contributed by atoms with Gasteiger partial charge in [0.05, 0.1) is 16.8 Å². The molecule has 2 aliphatic rings. The van der Waals surface area contributed by atoms with Gasteiger partial charge in [-0.1, -0.05) is 48.5 Å². The average molecular weight is 607 g/mol. The molecule has 1 aromatic heterocycles. The minimum absolute atomic E-state index is 0.0316. The molecule has 0 saturated heterocycles. The molecule has 0 fully saturated rings. The lowest BCUT2D eigenvalue weighted by molar-refractivity contribution is -0.112. The van der Waals surface area contributed by atoms with Gasteiger partial charge in [-0.25, -0.2) is 9.18 Å². The van der Waals surface area contributed by atoms with Crippen LogP contribution in [0.3, 0.4) is 0 Å². The quantitative estimate of drug-likeness (QED) is 0.231. The number of H-pyrrole nitrogens is 1. The predicted molar refractivity (Wildman–Crippen MR) is 173 cm³/mol. The second-order valence-corrected chi connectivity index (χ2v) is 11.4. The monoisotopic (exact) mass is 606 g/mol. The number of amides is 3. The average Bonchev–Trinajstić information content (AvgIpc) is 3.60. The van der Waals surface area contributed by atoms with Crippen LogP contribution in [0.4, 0.5) is 14.9 Å². The molecule has 0 saturated carbocycles. The van der Waals surface area contributed by atoms with Crippen LogP contribution in [0.5, 0.6) is 0 Å². The minimum Gasteiger partial charge on any atom is -0.448 e. The molecule has 2 N–H and O–H groups in total. The van der Waals surface area contributed by atoms with Gasteiger partial charge >= 0.3 is 6.09 Å². The Bertz CT molecular complexity index is 1810. The SMILES string of the molecule is CCN(CCNC(=O)c1c(C)[nH]c(/C=C2\C(=O)N(C)c3ccc(F)cc32)c1C)C(=O)OCC1c2ccccc2-c2ccccc21. The molecule has 1 aliphatic carbocycles. The number of halogens is 1. The van der Waals surface area contributed by atoms with Gasteiger partial charge in [-0.15, -0.1) is 0 Å². The third-order valence-corrected chi connectivity index (χ3v) is 8.78. The standard InChI is InChI=1S/C36H35FN4O4/c1-5-41(36(44)45-20-30-26-12-8-6-10-24(26)25-11-7-9-13-27(25)30)17-16-38-34(42)33-21(2)31(39-22(33)3)19-29-28-18-23(37)14-15-32(28)40(4)35(29)43/h6-15,18-19,30,39H,5,16-17,20H2,1-4H3,(H,38,42)/b29-19-. The van der Waals surface area contributed by atoms with Crippen molar-refractivity contribution in [3.8, 4) is 11.1 Å². The molecule has 0 bridgehead atoms. The molecule has 0 atom stereocenters. The number of carbonyl (C=O) groups is 3. The predicted octanol–water partition coefficient (Wildman–Crippen LogP) is 6.29. The number of nitrogens with zero attached hydrogens (tertiary/aromatic N) is 2. The largest absolute Gasteiger partial charge is 0.448 e. The van der Waals surface area contributed by atoms with Gasteiger partial charge in [-0.2, -0.15) is 0 Å². The van der Waals surface area contributed by atoms with Crippen molar-refractivity contribution < 1.29 is 23.5 Å². The molecule has 9 heteroatoms. The zero-order valence-electron chi connectivity index (χ0n) is 25.7. The lowest BCUT2D eigenvalue weighted by Gasteiger charge is -2.22.